The van der Waals surface area contributed by atoms with Gasteiger partial charge >= 0.3 is 0 Å². The summed E-state index contributed by atoms with van der Waals surface area (Å²) in [5.74, 6) is 0. The highest BCUT2D eigenvalue weighted by Crippen LogP contribution is 2.15. The molecule has 1 aromatic heterocycles. The quantitative estimate of drug-likeness (QED) is 0.739. The van der Waals surface area contributed by atoms with Gasteiger partial charge in [-0.25, -0.2) is 0 Å². The zero-order valence-electron chi connectivity index (χ0n) is 7.74. The molecular formula is C8H15N3O. The van der Waals surface area contributed by atoms with Gasteiger partial charge in [0.15, 0.2) is 0 Å². The largest absolute Gasteiger partial charge is 0.396 e. The van der Waals surface area contributed by atoms with Gasteiger partial charge in [-0.05, 0) is 13.8 Å². The Hall–Kier alpha value is -1.03. The second-order valence-corrected chi connectivity index (χ2v) is 3.02. The fourth-order valence-corrected chi connectivity index (χ4v) is 1.13. The average Bonchev–Trinajstić information content (AvgIpc) is 2.34. The van der Waals surface area contributed by atoms with Gasteiger partial charge in [0.05, 0.1) is 24.2 Å². The maximum Gasteiger partial charge on any atom is 0.0902 e. The number of nitrogens with zero attached hydrogens (tertiary/aromatic N) is 2. The monoisotopic (exact) mass is 169 g/mol. The first kappa shape index (κ1) is 9.06. The molecule has 4 nitrogen and oxygen atoms in total. The van der Waals surface area contributed by atoms with Crippen LogP contribution < -0.4 is 5.73 Å². The minimum Gasteiger partial charge on any atom is -0.396 e. The molecule has 0 fully saturated rings. The molecule has 0 spiro atoms. The van der Waals surface area contributed by atoms with Crippen molar-refractivity contribution in [3.63, 3.8) is 0 Å². The third kappa shape index (κ3) is 1.58. The minimum atomic E-state index is 0.326. The van der Waals surface area contributed by atoms with Crippen molar-refractivity contribution < 1.29 is 4.74 Å². The highest BCUT2D eigenvalue weighted by molar-refractivity contribution is 5.40. The van der Waals surface area contributed by atoms with Crippen LogP contribution in [0.15, 0.2) is 6.20 Å². The van der Waals surface area contributed by atoms with E-state index >= 15 is 0 Å². The van der Waals surface area contributed by atoms with E-state index in [1.165, 1.54) is 0 Å². The molecule has 0 bridgehead atoms. The van der Waals surface area contributed by atoms with Crippen LogP contribution in [0.3, 0.4) is 0 Å². The molecule has 2 N–H and O–H groups in total. The summed E-state index contributed by atoms with van der Waals surface area (Å²) in [5.41, 5.74) is 7.35. The van der Waals surface area contributed by atoms with Crippen LogP contribution in [0, 0.1) is 0 Å². The number of hydrogen-bond donors (Lipinski definition) is 1. The van der Waals surface area contributed by atoms with E-state index in [9.17, 15) is 0 Å². The summed E-state index contributed by atoms with van der Waals surface area (Å²) in [5, 5.41) is 4.15. The molecule has 0 atom stereocenters. The van der Waals surface area contributed by atoms with E-state index in [1.807, 2.05) is 4.68 Å². The molecule has 12 heavy (non-hydrogen) atoms. The lowest BCUT2D eigenvalue weighted by Gasteiger charge is -2.10. The first-order chi connectivity index (χ1) is 5.66. The van der Waals surface area contributed by atoms with E-state index in [1.54, 1.807) is 13.3 Å². The van der Waals surface area contributed by atoms with Crippen LogP contribution in [0.2, 0.25) is 0 Å². The van der Waals surface area contributed by atoms with Crippen molar-refractivity contribution in [3.8, 4) is 0 Å². The van der Waals surface area contributed by atoms with Gasteiger partial charge < -0.3 is 10.5 Å². The Morgan fingerprint density at radius 3 is 2.83 bits per heavy atom. The van der Waals surface area contributed by atoms with Gasteiger partial charge in [-0.3, -0.25) is 4.68 Å². The van der Waals surface area contributed by atoms with Gasteiger partial charge in [0, 0.05) is 13.2 Å². The Morgan fingerprint density at radius 2 is 2.33 bits per heavy atom. The standard InChI is InChI=1S/C8H15N3O/c1-6(2)11-8(5-12-3)7(9)4-10-11/h4,6H,5,9H2,1-3H3. The number of methoxy groups -OCH3 is 1. The summed E-state index contributed by atoms with van der Waals surface area (Å²) in [6, 6.07) is 0.326. The van der Waals surface area contributed by atoms with Gasteiger partial charge in [-0.15, -0.1) is 0 Å². The van der Waals surface area contributed by atoms with Crippen molar-refractivity contribution in [1.82, 2.24) is 9.78 Å². The molecule has 1 rings (SSSR count). The van der Waals surface area contributed by atoms with Gasteiger partial charge in [0.1, 0.15) is 0 Å². The summed E-state index contributed by atoms with van der Waals surface area (Å²) in [6.07, 6.45) is 1.66. The molecule has 1 aromatic rings. The number of aromatic nitrogens is 2. The zero-order valence-corrected chi connectivity index (χ0v) is 7.74. The highest BCUT2D eigenvalue weighted by Gasteiger charge is 2.09. The number of rotatable bonds is 3. The van der Waals surface area contributed by atoms with Crippen LogP contribution in [0.4, 0.5) is 5.69 Å². The molecule has 4 heteroatoms. The van der Waals surface area contributed by atoms with Gasteiger partial charge in [-0.1, -0.05) is 0 Å². The van der Waals surface area contributed by atoms with Gasteiger partial charge in [-0.2, -0.15) is 5.10 Å². The van der Waals surface area contributed by atoms with Crippen LogP contribution in [-0.2, 0) is 11.3 Å². The molecule has 0 aliphatic rings. The second-order valence-electron chi connectivity index (χ2n) is 3.02. The van der Waals surface area contributed by atoms with Crippen molar-refractivity contribution in [1.29, 1.82) is 0 Å². The van der Waals surface area contributed by atoms with Gasteiger partial charge in [0.2, 0.25) is 0 Å². The lowest BCUT2D eigenvalue weighted by Crippen LogP contribution is -2.09. The predicted octanol–water partition coefficient (Wildman–Crippen LogP) is 1.19. The van der Waals surface area contributed by atoms with Crippen LogP contribution in [-0.4, -0.2) is 16.9 Å². The van der Waals surface area contributed by atoms with Crippen LogP contribution in [0.25, 0.3) is 0 Å². The zero-order chi connectivity index (χ0) is 9.14. The summed E-state index contributed by atoms with van der Waals surface area (Å²) in [7, 11) is 1.65. The van der Waals surface area contributed by atoms with Crippen molar-refractivity contribution in [3.05, 3.63) is 11.9 Å². The molecule has 0 aromatic carbocycles. The topological polar surface area (TPSA) is 53.1 Å². The summed E-state index contributed by atoms with van der Waals surface area (Å²) in [4.78, 5) is 0. The first-order valence-corrected chi connectivity index (χ1v) is 3.97. The molecule has 1 heterocycles. The second kappa shape index (κ2) is 3.58. The molecule has 0 aliphatic heterocycles. The smallest absolute Gasteiger partial charge is 0.0902 e. The Kier molecular flexibility index (Phi) is 2.70. The Labute approximate surface area is 72.3 Å². The third-order valence-corrected chi connectivity index (χ3v) is 1.70. The lowest BCUT2D eigenvalue weighted by molar-refractivity contribution is 0.175. The van der Waals surface area contributed by atoms with Crippen molar-refractivity contribution in [2.75, 3.05) is 12.8 Å². The Bertz CT molecular complexity index is 255. The summed E-state index contributed by atoms with van der Waals surface area (Å²) >= 11 is 0. The van der Waals surface area contributed by atoms with Crippen molar-refractivity contribution >= 4 is 5.69 Å². The molecule has 0 saturated heterocycles. The molecule has 0 unspecified atom stereocenters. The summed E-state index contributed by atoms with van der Waals surface area (Å²) in [6.45, 7) is 4.64. The van der Waals surface area contributed by atoms with Crippen LogP contribution in [0.1, 0.15) is 25.6 Å². The van der Waals surface area contributed by atoms with Crippen molar-refractivity contribution in [2.45, 2.75) is 26.5 Å². The van der Waals surface area contributed by atoms with Crippen LogP contribution >= 0.6 is 0 Å². The highest BCUT2D eigenvalue weighted by atomic mass is 16.5. The first-order valence-electron chi connectivity index (χ1n) is 3.97. The number of nitrogens with two attached hydrogens (primary N) is 1. The van der Waals surface area contributed by atoms with Crippen molar-refractivity contribution in [2.24, 2.45) is 0 Å². The average molecular weight is 169 g/mol. The van der Waals surface area contributed by atoms with E-state index in [4.69, 9.17) is 10.5 Å². The van der Waals surface area contributed by atoms with Gasteiger partial charge in [0.25, 0.3) is 0 Å². The molecule has 0 radical (unpaired) electrons. The van der Waals surface area contributed by atoms with E-state index in [2.05, 4.69) is 18.9 Å². The normalized spacial score (nSPS) is 11.0. The molecular weight excluding hydrogens is 154 g/mol. The molecule has 0 saturated carbocycles. The van der Waals surface area contributed by atoms with E-state index in [0.717, 1.165) is 5.69 Å². The number of ether oxygens (including phenoxy) is 1. The number of hydrogen-bond acceptors (Lipinski definition) is 3. The SMILES string of the molecule is COCc1c(N)cnn1C(C)C. The van der Waals surface area contributed by atoms with E-state index in [0.29, 0.717) is 18.3 Å². The predicted molar refractivity (Wildman–Crippen MR) is 47.7 cm³/mol. The van der Waals surface area contributed by atoms with Crippen LogP contribution in [0.5, 0.6) is 0 Å². The van der Waals surface area contributed by atoms with E-state index in [-0.39, 0.29) is 0 Å². The Balaban J connectivity index is 2.95. The number of nitrogen functional groups attached to an aromatic ring is 1. The molecule has 68 valence electrons. The Morgan fingerprint density at radius 1 is 1.67 bits per heavy atom. The summed E-state index contributed by atoms with van der Waals surface area (Å²) < 4.78 is 6.89. The molecule has 0 amide bonds. The fraction of sp³-hybridized carbons (Fsp3) is 0.625. The van der Waals surface area contributed by atoms with E-state index < -0.39 is 0 Å². The minimum absolute atomic E-state index is 0.326. The number of anilines is 1. The third-order valence-electron chi connectivity index (χ3n) is 1.70. The molecule has 0 aliphatic carbocycles. The fourth-order valence-electron chi connectivity index (χ4n) is 1.13. The maximum absolute atomic E-state index is 5.70. The maximum atomic E-state index is 5.70. The lowest BCUT2D eigenvalue weighted by atomic mass is 10.3.